The number of primary amides is 1. The molecule has 0 aliphatic heterocycles. The highest BCUT2D eigenvalue weighted by molar-refractivity contribution is 5.82. The molecule has 0 spiro atoms. The van der Waals surface area contributed by atoms with Gasteiger partial charge in [0, 0.05) is 18.5 Å². The van der Waals surface area contributed by atoms with Crippen molar-refractivity contribution in [2.75, 3.05) is 19.6 Å². The first-order valence-corrected chi connectivity index (χ1v) is 8.37. The van der Waals surface area contributed by atoms with E-state index < -0.39 is 5.41 Å². The van der Waals surface area contributed by atoms with Gasteiger partial charge in [-0.15, -0.1) is 0 Å². The van der Waals surface area contributed by atoms with Crippen molar-refractivity contribution in [3.63, 3.8) is 0 Å². The minimum Gasteiger partial charge on any atom is -0.369 e. The highest BCUT2D eigenvalue weighted by Crippen LogP contribution is 2.47. The third kappa shape index (κ3) is 4.46. The largest absolute Gasteiger partial charge is 0.369 e. The van der Waals surface area contributed by atoms with Crippen molar-refractivity contribution in [1.29, 1.82) is 0 Å². The van der Waals surface area contributed by atoms with Crippen LogP contribution in [0.2, 0.25) is 0 Å². The van der Waals surface area contributed by atoms with Crippen LogP contribution in [0.25, 0.3) is 0 Å². The van der Waals surface area contributed by atoms with Gasteiger partial charge in [0.25, 0.3) is 0 Å². The Bertz CT molecular complexity index is 623. The molecule has 1 aromatic carbocycles. The molecule has 5 nitrogen and oxygen atoms in total. The molecular weight excluding hydrogens is 307 g/mol. The van der Waals surface area contributed by atoms with Crippen LogP contribution in [0, 0.1) is 11.2 Å². The van der Waals surface area contributed by atoms with Gasteiger partial charge in [0.2, 0.25) is 5.91 Å². The number of benzene rings is 1. The van der Waals surface area contributed by atoms with Crippen molar-refractivity contribution >= 4 is 11.9 Å². The first-order valence-electron chi connectivity index (χ1n) is 8.37. The molecule has 132 valence electrons. The van der Waals surface area contributed by atoms with Crippen molar-refractivity contribution in [3.8, 4) is 0 Å². The summed E-state index contributed by atoms with van der Waals surface area (Å²) in [6, 6.07) is 6.79. The van der Waals surface area contributed by atoms with Crippen LogP contribution in [0.3, 0.4) is 0 Å². The minimum atomic E-state index is -0.692. The summed E-state index contributed by atoms with van der Waals surface area (Å²) in [6.45, 7) is 7.24. The number of rotatable bonds is 7. The predicted octanol–water partition coefficient (Wildman–Crippen LogP) is 1.92. The smallest absolute Gasteiger partial charge is 0.224 e. The fourth-order valence-corrected chi connectivity index (χ4v) is 2.49. The normalized spacial score (nSPS) is 16.6. The van der Waals surface area contributed by atoms with E-state index in [4.69, 9.17) is 5.73 Å². The molecule has 1 aliphatic rings. The van der Waals surface area contributed by atoms with Crippen molar-refractivity contribution in [2.45, 2.75) is 39.0 Å². The van der Waals surface area contributed by atoms with Crippen LogP contribution in [0.15, 0.2) is 29.3 Å². The maximum atomic E-state index is 13.5. The van der Waals surface area contributed by atoms with Gasteiger partial charge in [-0.3, -0.25) is 9.79 Å². The van der Waals surface area contributed by atoms with Gasteiger partial charge in [-0.1, -0.05) is 12.1 Å². The van der Waals surface area contributed by atoms with Gasteiger partial charge in [-0.2, -0.15) is 0 Å². The van der Waals surface area contributed by atoms with Crippen LogP contribution in [-0.4, -0.2) is 31.5 Å². The summed E-state index contributed by atoms with van der Waals surface area (Å²) in [5.41, 5.74) is 5.68. The van der Waals surface area contributed by atoms with E-state index >= 15 is 0 Å². The molecule has 1 fully saturated rings. The van der Waals surface area contributed by atoms with Crippen LogP contribution >= 0.6 is 0 Å². The van der Waals surface area contributed by atoms with Crippen molar-refractivity contribution in [1.82, 2.24) is 10.6 Å². The average molecular weight is 334 g/mol. The lowest BCUT2D eigenvalue weighted by molar-refractivity contribution is -0.125. The Morgan fingerprint density at radius 2 is 2.08 bits per heavy atom. The molecule has 1 aromatic rings. The maximum Gasteiger partial charge on any atom is 0.224 e. The van der Waals surface area contributed by atoms with E-state index in [0.717, 1.165) is 24.9 Å². The minimum absolute atomic E-state index is 0.0303. The molecule has 0 radical (unpaired) electrons. The van der Waals surface area contributed by atoms with Gasteiger partial charge in [0.05, 0.1) is 12.0 Å². The lowest BCUT2D eigenvalue weighted by Gasteiger charge is -2.21. The molecule has 2 rings (SSSR count). The summed E-state index contributed by atoms with van der Waals surface area (Å²) in [5.74, 6) is 0.0672. The van der Waals surface area contributed by atoms with Crippen molar-refractivity contribution in [2.24, 2.45) is 16.1 Å². The molecule has 0 unspecified atom stereocenters. The number of amides is 1. The Labute approximate surface area is 142 Å². The molecule has 6 heteroatoms. The van der Waals surface area contributed by atoms with E-state index in [1.807, 2.05) is 13.0 Å². The number of nitrogens with zero attached hydrogens (tertiary/aromatic N) is 1. The fraction of sp³-hybridized carbons (Fsp3) is 0.556. The summed E-state index contributed by atoms with van der Waals surface area (Å²) in [6.07, 6.45) is 2.05. The Morgan fingerprint density at radius 1 is 1.38 bits per heavy atom. The zero-order valence-electron chi connectivity index (χ0n) is 14.7. The molecule has 1 saturated carbocycles. The number of nitrogens with one attached hydrogen (secondary N) is 2. The number of carbonyl (C=O) groups excluding carboxylic acids is 1. The molecule has 0 atom stereocenters. The zero-order valence-corrected chi connectivity index (χ0v) is 14.7. The molecule has 0 saturated heterocycles. The van der Waals surface area contributed by atoms with Crippen LogP contribution in [0.4, 0.5) is 4.39 Å². The Morgan fingerprint density at radius 3 is 2.62 bits per heavy atom. The summed E-state index contributed by atoms with van der Waals surface area (Å²) in [5, 5.41) is 6.49. The second-order valence-corrected chi connectivity index (χ2v) is 7.09. The first-order chi connectivity index (χ1) is 11.3. The van der Waals surface area contributed by atoms with Gasteiger partial charge in [0.15, 0.2) is 5.96 Å². The maximum absolute atomic E-state index is 13.5. The molecule has 0 aromatic heterocycles. The van der Waals surface area contributed by atoms with E-state index in [1.54, 1.807) is 26.0 Å². The second-order valence-electron chi connectivity index (χ2n) is 7.09. The standard InChI is InChI=1S/C18H27FN4O/c1-4-21-16(22-11-17(2,3)15(20)24)23-12-18(8-9-18)13-6-5-7-14(19)10-13/h5-7,10H,4,8-9,11-12H2,1-3H3,(H2,20,24)(H2,21,22,23). The molecule has 4 N–H and O–H groups in total. The number of hydrogen-bond donors (Lipinski definition) is 3. The Balaban J connectivity index is 2.02. The van der Waals surface area contributed by atoms with Gasteiger partial charge >= 0.3 is 0 Å². The predicted molar refractivity (Wildman–Crippen MR) is 94.3 cm³/mol. The highest BCUT2D eigenvalue weighted by Gasteiger charge is 2.44. The second kappa shape index (κ2) is 7.20. The van der Waals surface area contributed by atoms with Gasteiger partial charge in [0.1, 0.15) is 5.82 Å². The van der Waals surface area contributed by atoms with Crippen molar-refractivity contribution < 1.29 is 9.18 Å². The highest BCUT2D eigenvalue weighted by atomic mass is 19.1. The average Bonchev–Trinajstić information content (AvgIpc) is 3.31. The number of nitrogens with two attached hydrogens (primary N) is 1. The summed E-state index contributed by atoms with van der Waals surface area (Å²) in [4.78, 5) is 15.9. The first kappa shape index (κ1) is 18.2. The molecule has 0 bridgehead atoms. The van der Waals surface area contributed by atoms with Gasteiger partial charge in [-0.25, -0.2) is 4.39 Å². The van der Waals surface area contributed by atoms with E-state index in [9.17, 15) is 9.18 Å². The van der Waals surface area contributed by atoms with Crippen molar-refractivity contribution in [3.05, 3.63) is 35.6 Å². The molecule has 1 amide bonds. The Kier molecular flexibility index (Phi) is 5.47. The third-order valence-corrected chi connectivity index (χ3v) is 4.53. The third-order valence-electron chi connectivity index (χ3n) is 4.53. The Hall–Kier alpha value is -2.11. The van der Waals surface area contributed by atoms with E-state index in [1.165, 1.54) is 6.07 Å². The molecule has 24 heavy (non-hydrogen) atoms. The lowest BCUT2D eigenvalue weighted by atomic mass is 9.93. The topological polar surface area (TPSA) is 79.5 Å². The quantitative estimate of drug-likeness (QED) is 0.526. The SMILES string of the molecule is CCNC(=NCC(C)(C)C(N)=O)NCC1(c2cccc(F)c2)CC1. The van der Waals surface area contributed by atoms with E-state index in [-0.39, 0.29) is 17.1 Å². The monoisotopic (exact) mass is 334 g/mol. The molecule has 1 aliphatic carbocycles. The number of carbonyl (C=O) groups is 1. The summed E-state index contributed by atoms with van der Waals surface area (Å²) in [7, 11) is 0. The van der Waals surface area contributed by atoms with Gasteiger partial charge < -0.3 is 16.4 Å². The number of hydrogen-bond acceptors (Lipinski definition) is 2. The number of guanidine groups is 1. The molecule has 0 heterocycles. The number of halogens is 1. The molecular formula is C18H27FN4O. The zero-order chi connectivity index (χ0) is 17.8. The fourth-order valence-electron chi connectivity index (χ4n) is 2.49. The summed E-state index contributed by atoms with van der Waals surface area (Å²) >= 11 is 0. The van der Waals surface area contributed by atoms with Crippen LogP contribution in [-0.2, 0) is 10.2 Å². The summed E-state index contributed by atoms with van der Waals surface area (Å²) < 4.78 is 13.5. The van der Waals surface area contributed by atoms with E-state index in [0.29, 0.717) is 19.0 Å². The lowest BCUT2D eigenvalue weighted by Crippen LogP contribution is -2.42. The van der Waals surface area contributed by atoms with Gasteiger partial charge in [-0.05, 0) is 51.3 Å². The van der Waals surface area contributed by atoms with Crippen LogP contribution in [0.1, 0.15) is 39.2 Å². The number of aliphatic imine (C=N–C) groups is 1. The van der Waals surface area contributed by atoms with Crippen LogP contribution < -0.4 is 16.4 Å². The van der Waals surface area contributed by atoms with E-state index in [2.05, 4.69) is 15.6 Å². The van der Waals surface area contributed by atoms with Crippen LogP contribution in [0.5, 0.6) is 0 Å².